The minimum absolute atomic E-state index is 0.0242. The first-order valence-electron chi connectivity index (χ1n) is 5.36. The molecule has 0 saturated heterocycles. The number of hydrogen-bond donors (Lipinski definition) is 1. The van der Waals surface area contributed by atoms with Crippen LogP contribution in [0.3, 0.4) is 0 Å². The smallest absolute Gasteiger partial charge is 0.257 e. The predicted molar refractivity (Wildman–Crippen MR) is 70.0 cm³/mol. The van der Waals surface area contributed by atoms with Crippen molar-refractivity contribution in [3.63, 3.8) is 0 Å². The van der Waals surface area contributed by atoms with Crippen molar-refractivity contribution in [2.45, 2.75) is 6.92 Å². The molecule has 94 valence electrons. The number of carbonyl (C=O) groups excluding carboxylic acids is 1. The van der Waals surface area contributed by atoms with Crippen molar-refractivity contribution >= 4 is 21.8 Å². The fraction of sp³-hybridized carbons (Fsp3) is 0.417. The lowest BCUT2D eigenvalue weighted by atomic mass is 10.1. The largest absolute Gasteiger partial charge is 0.507 e. The Hall–Kier alpha value is -1.23. The maximum absolute atomic E-state index is 12.1. The Balaban J connectivity index is 3.01. The third-order valence-corrected chi connectivity index (χ3v) is 2.81. The summed E-state index contributed by atoms with van der Waals surface area (Å²) in [5.74, 6) is 0.341. The summed E-state index contributed by atoms with van der Waals surface area (Å²) < 4.78 is 5.04. The van der Waals surface area contributed by atoms with Gasteiger partial charge in [0.2, 0.25) is 0 Å². The second-order valence-corrected chi connectivity index (χ2v) is 4.25. The monoisotopic (exact) mass is 301 g/mol. The van der Waals surface area contributed by atoms with Crippen molar-refractivity contribution in [1.82, 2.24) is 4.90 Å². The van der Waals surface area contributed by atoms with Gasteiger partial charge >= 0.3 is 0 Å². The van der Waals surface area contributed by atoms with E-state index in [0.717, 1.165) is 0 Å². The molecule has 1 aromatic rings. The zero-order chi connectivity index (χ0) is 12.8. The molecule has 0 fully saturated rings. The molecule has 0 unspecified atom stereocenters. The predicted octanol–water partition coefficient (Wildman–Crippen LogP) is 2.26. The molecule has 4 nitrogen and oxygen atoms in total. The number of rotatable bonds is 5. The summed E-state index contributed by atoms with van der Waals surface area (Å²) in [4.78, 5) is 13.8. The van der Waals surface area contributed by atoms with Crippen LogP contribution in [0.5, 0.6) is 11.5 Å². The van der Waals surface area contributed by atoms with E-state index >= 15 is 0 Å². The van der Waals surface area contributed by atoms with E-state index in [1.807, 2.05) is 6.92 Å². The van der Waals surface area contributed by atoms with Crippen LogP contribution in [0.15, 0.2) is 18.2 Å². The van der Waals surface area contributed by atoms with Crippen LogP contribution in [0.4, 0.5) is 0 Å². The van der Waals surface area contributed by atoms with Gasteiger partial charge in [-0.15, -0.1) is 0 Å². The molecule has 1 rings (SSSR count). The van der Waals surface area contributed by atoms with Gasteiger partial charge in [0.1, 0.15) is 11.5 Å². The van der Waals surface area contributed by atoms with Crippen molar-refractivity contribution in [2.24, 2.45) is 0 Å². The number of benzene rings is 1. The van der Waals surface area contributed by atoms with Crippen molar-refractivity contribution in [2.75, 3.05) is 25.5 Å². The quantitative estimate of drug-likeness (QED) is 0.849. The first-order valence-corrected chi connectivity index (χ1v) is 6.48. The number of methoxy groups -OCH3 is 1. The van der Waals surface area contributed by atoms with Gasteiger partial charge in [-0.1, -0.05) is 15.9 Å². The third-order valence-electron chi connectivity index (χ3n) is 2.46. The average Bonchev–Trinajstić information content (AvgIpc) is 2.35. The topological polar surface area (TPSA) is 49.8 Å². The summed E-state index contributed by atoms with van der Waals surface area (Å²) >= 11 is 3.30. The molecule has 0 spiro atoms. The summed E-state index contributed by atoms with van der Waals surface area (Å²) in [6.07, 6.45) is 0. The molecule has 1 aromatic carbocycles. The lowest BCUT2D eigenvalue weighted by Crippen LogP contribution is -2.32. The molecule has 0 atom stereocenters. The maximum atomic E-state index is 12.1. The van der Waals surface area contributed by atoms with Crippen molar-refractivity contribution in [3.8, 4) is 11.5 Å². The molecule has 0 aromatic heterocycles. The maximum Gasteiger partial charge on any atom is 0.257 e. The summed E-state index contributed by atoms with van der Waals surface area (Å²) in [5.41, 5.74) is 0.271. The van der Waals surface area contributed by atoms with Gasteiger partial charge < -0.3 is 14.7 Å². The van der Waals surface area contributed by atoms with Gasteiger partial charge in [0.05, 0.1) is 12.7 Å². The zero-order valence-electron chi connectivity index (χ0n) is 9.94. The molecule has 0 aliphatic heterocycles. The number of alkyl halides is 1. The van der Waals surface area contributed by atoms with Gasteiger partial charge in [-0.2, -0.15) is 0 Å². The average molecular weight is 302 g/mol. The normalized spacial score (nSPS) is 10.1. The van der Waals surface area contributed by atoms with E-state index in [9.17, 15) is 9.90 Å². The van der Waals surface area contributed by atoms with Gasteiger partial charge in [0.15, 0.2) is 0 Å². The minimum Gasteiger partial charge on any atom is -0.507 e. The van der Waals surface area contributed by atoms with Crippen LogP contribution in [-0.4, -0.2) is 41.4 Å². The SMILES string of the molecule is CCN(CCBr)C(=O)c1cc(OC)ccc1O. The van der Waals surface area contributed by atoms with E-state index in [4.69, 9.17) is 4.74 Å². The van der Waals surface area contributed by atoms with Crippen LogP contribution in [0.1, 0.15) is 17.3 Å². The summed E-state index contributed by atoms with van der Waals surface area (Å²) in [5, 5.41) is 10.4. The molecule has 0 radical (unpaired) electrons. The fourth-order valence-corrected chi connectivity index (χ4v) is 1.92. The molecule has 0 aliphatic rings. The van der Waals surface area contributed by atoms with Gasteiger partial charge in [0.25, 0.3) is 5.91 Å². The first-order chi connectivity index (χ1) is 8.13. The minimum atomic E-state index is -0.191. The van der Waals surface area contributed by atoms with Crippen LogP contribution >= 0.6 is 15.9 Å². The molecule has 5 heteroatoms. The molecular weight excluding hydrogens is 286 g/mol. The molecule has 0 bridgehead atoms. The molecular formula is C12H16BrNO3. The Morgan fingerprint density at radius 1 is 1.53 bits per heavy atom. The first kappa shape index (κ1) is 13.8. The number of halogens is 1. The number of phenolic OH excluding ortho intramolecular Hbond substituents is 1. The van der Waals surface area contributed by atoms with Gasteiger partial charge in [-0.05, 0) is 25.1 Å². The number of hydrogen-bond acceptors (Lipinski definition) is 3. The lowest BCUT2D eigenvalue weighted by Gasteiger charge is -2.20. The van der Waals surface area contributed by atoms with E-state index in [2.05, 4.69) is 15.9 Å². The van der Waals surface area contributed by atoms with Crippen LogP contribution in [-0.2, 0) is 0 Å². The van der Waals surface area contributed by atoms with Gasteiger partial charge in [-0.3, -0.25) is 4.79 Å². The highest BCUT2D eigenvalue weighted by atomic mass is 79.9. The zero-order valence-corrected chi connectivity index (χ0v) is 11.5. The van der Waals surface area contributed by atoms with Crippen LogP contribution < -0.4 is 4.74 Å². The van der Waals surface area contributed by atoms with Crippen LogP contribution in [0, 0.1) is 0 Å². The number of phenols is 1. The Morgan fingerprint density at radius 3 is 2.76 bits per heavy atom. The second kappa shape index (κ2) is 6.49. The number of amides is 1. The van der Waals surface area contributed by atoms with Gasteiger partial charge in [0, 0.05) is 18.4 Å². The molecule has 1 N–H and O–H groups in total. The Bertz CT molecular complexity index is 395. The molecule has 0 saturated carbocycles. The van der Waals surface area contributed by atoms with Crippen LogP contribution in [0.2, 0.25) is 0 Å². The van der Waals surface area contributed by atoms with E-state index in [0.29, 0.717) is 24.2 Å². The number of aromatic hydroxyl groups is 1. The van der Waals surface area contributed by atoms with E-state index in [-0.39, 0.29) is 17.2 Å². The van der Waals surface area contributed by atoms with E-state index < -0.39 is 0 Å². The number of ether oxygens (including phenoxy) is 1. The van der Waals surface area contributed by atoms with E-state index in [1.165, 1.54) is 13.2 Å². The van der Waals surface area contributed by atoms with E-state index in [1.54, 1.807) is 17.0 Å². The second-order valence-electron chi connectivity index (χ2n) is 3.46. The van der Waals surface area contributed by atoms with Crippen molar-refractivity contribution < 1.29 is 14.6 Å². The Morgan fingerprint density at radius 2 is 2.24 bits per heavy atom. The highest BCUT2D eigenvalue weighted by Gasteiger charge is 2.17. The third kappa shape index (κ3) is 3.36. The summed E-state index contributed by atoms with van der Waals surface area (Å²) in [6, 6.07) is 4.63. The lowest BCUT2D eigenvalue weighted by molar-refractivity contribution is 0.0771. The number of nitrogens with zero attached hydrogens (tertiary/aromatic N) is 1. The standard InChI is InChI=1S/C12H16BrNO3/c1-3-14(7-6-13)12(16)10-8-9(17-2)4-5-11(10)15/h4-5,8,15H,3,6-7H2,1-2H3. The molecule has 0 aliphatic carbocycles. The van der Waals surface area contributed by atoms with Crippen molar-refractivity contribution in [1.29, 1.82) is 0 Å². The Kier molecular flexibility index (Phi) is 5.28. The van der Waals surface area contributed by atoms with Crippen LogP contribution in [0.25, 0.3) is 0 Å². The Labute approximate surface area is 109 Å². The van der Waals surface area contributed by atoms with Crippen molar-refractivity contribution in [3.05, 3.63) is 23.8 Å². The summed E-state index contributed by atoms with van der Waals surface area (Å²) in [7, 11) is 1.52. The molecule has 17 heavy (non-hydrogen) atoms. The highest BCUT2D eigenvalue weighted by molar-refractivity contribution is 9.09. The molecule has 0 heterocycles. The summed E-state index contributed by atoms with van der Waals surface area (Å²) in [6.45, 7) is 3.10. The molecule has 1 amide bonds. The number of carbonyl (C=O) groups is 1. The van der Waals surface area contributed by atoms with Gasteiger partial charge in [-0.25, -0.2) is 0 Å². The fourth-order valence-electron chi connectivity index (χ4n) is 1.49. The highest BCUT2D eigenvalue weighted by Crippen LogP contribution is 2.24.